The van der Waals surface area contributed by atoms with Crippen molar-refractivity contribution in [2.75, 3.05) is 13.2 Å². The van der Waals surface area contributed by atoms with E-state index in [1.807, 2.05) is 29.2 Å². The lowest BCUT2D eigenvalue weighted by molar-refractivity contribution is -0.134. The largest absolute Gasteiger partial charge is 0.464 e. The van der Waals surface area contributed by atoms with E-state index < -0.39 is 0 Å². The van der Waals surface area contributed by atoms with Crippen molar-refractivity contribution in [1.82, 2.24) is 4.90 Å². The monoisotopic (exact) mass is 369 g/mol. The van der Waals surface area contributed by atoms with Crippen LogP contribution in [0, 0.1) is 0 Å². The van der Waals surface area contributed by atoms with Crippen LogP contribution < -0.4 is 0 Å². The van der Waals surface area contributed by atoms with E-state index >= 15 is 0 Å². The van der Waals surface area contributed by atoms with Crippen LogP contribution in [0.5, 0.6) is 0 Å². The first-order valence-corrected chi connectivity index (χ1v) is 10.3. The van der Waals surface area contributed by atoms with E-state index in [1.54, 1.807) is 0 Å². The van der Waals surface area contributed by atoms with E-state index in [4.69, 9.17) is 9.15 Å². The molecule has 0 saturated carbocycles. The van der Waals surface area contributed by atoms with Gasteiger partial charge in [0, 0.05) is 26.0 Å². The molecule has 1 aromatic carbocycles. The summed E-state index contributed by atoms with van der Waals surface area (Å²) in [4.78, 5) is 14.9. The van der Waals surface area contributed by atoms with Gasteiger partial charge in [0.25, 0.3) is 0 Å². The summed E-state index contributed by atoms with van der Waals surface area (Å²) in [5, 5.41) is 0. The highest BCUT2D eigenvalue weighted by atomic mass is 16.5. The van der Waals surface area contributed by atoms with Crippen molar-refractivity contribution in [2.45, 2.75) is 64.5 Å². The van der Waals surface area contributed by atoms with Crippen molar-refractivity contribution in [3.63, 3.8) is 0 Å². The molecule has 2 heterocycles. The Hall–Kier alpha value is -2.07. The summed E-state index contributed by atoms with van der Waals surface area (Å²) in [5.74, 6) is 2.16. The molecule has 0 bridgehead atoms. The Kier molecular flexibility index (Phi) is 7.52. The number of likely N-dealkylation sites (tertiary alicyclic amines) is 1. The summed E-state index contributed by atoms with van der Waals surface area (Å²) in [6, 6.07) is 14.3. The minimum Gasteiger partial charge on any atom is -0.464 e. The molecule has 1 aliphatic heterocycles. The van der Waals surface area contributed by atoms with E-state index in [2.05, 4.69) is 25.1 Å². The Bertz CT molecular complexity index is 695. The summed E-state index contributed by atoms with van der Waals surface area (Å²) >= 11 is 0. The third-order valence-corrected chi connectivity index (χ3v) is 5.22. The second kappa shape index (κ2) is 10.3. The van der Waals surface area contributed by atoms with Gasteiger partial charge in [-0.25, -0.2) is 0 Å². The SMILES string of the molecule is CCc1ccc(C2CCCCCN2C(=O)CCCOCc2ccccc2)o1. The molecule has 146 valence electrons. The van der Waals surface area contributed by atoms with Crippen LogP contribution >= 0.6 is 0 Å². The molecule has 3 rings (SSSR count). The van der Waals surface area contributed by atoms with Crippen molar-refractivity contribution in [1.29, 1.82) is 0 Å². The molecular formula is C23H31NO3. The zero-order valence-electron chi connectivity index (χ0n) is 16.4. The number of ether oxygens (including phenoxy) is 1. The van der Waals surface area contributed by atoms with E-state index in [9.17, 15) is 4.79 Å². The number of aryl methyl sites for hydroxylation is 1. The lowest BCUT2D eigenvalue weighted by Gasteiger charge is -2.29. The van der Waals surface area contributed by atoms with Gasteiger partial charge in [-0.2, -0.15) is 0 Å². The first-order valence-electron chi connectivity index (χ1n) is 10.3. The van der Waals surface area contributed by atoms with Crippen LogP contribution in [-0.4, -0.2) is 24.0 Å². The van der Waals surface area contributed by atoms with Gasteiger partial charge < -0.3 is 14.1 Å². The molecule has 0 radical (unpaired) electrons. The van der Waals surface area contributed by atoms with E-state index in [0.717, 1.165) is 50.2 Å². The highest BCUT2D eigenvalue weighted by molar-refractivity contribution is 5.76. The molecule has 1 unspecified atom stereocenters. The first kappa shape index (κ1) is 19.7. The molecule has 1 fully saturated rings. The third kappa shape index (κ3) is 5.70. The molecular weight excluding hydrogens is 338 g/mol. The van der Waals surface area contributed by atoms with Gasteiger partial charge in [-0.05, 0) is 37.0 Å². The van der Waals surface area contributed by atoms with E-state index in [-0.39, 0.29) is 11.9 Å². The molecule has 0 aliphatic carbocycles. The number of benzene rings is 1. The van der Waals surface area contributed by atoms with Crippen molar-refractivity contribution in [3.8, 4) is 0 Å². The number of amides is 1. The fraction of sp³-hybridized carbons (Fsp3) is 0.522. The molecule has 4 nitrogen and oxygen atoms in total. The highest BCUT2D eigenvalue weighted by Gasteiger charge is 2.28. The standard InChI is InChI=1S/C23H31NO3/c1-2-20-14-15-22(27-20)21-12-7-4-8-16-24(21)23(25)13-9-17-26-18-19-10-5-3-6-11-19/h3,5-6,10-11,14-15,21H,2,4,7-9,12-13,16-18H2,1H3. The van der Waals surface area contributed by atoms with Crippen LogP contribution in [0.3, 0.4) is 0 Å². The van der Waals surface area contributed by atoms with Crippen molar-refractivity contribution in [2.24, 2.45) is 0 Å². The topological polar surface area (TPSA) is 42.7 Å². The molecule has 1 saturated heterocycles. The normalized spacial score (nSPS) is 17.7. The van der Waals surface area contributed by atoms with E-state index in [0.29, 0.717) is 19.6 Å². The molecule has 4 heteroatoms. The van der Waals surface area contributed by atoms with Gasteiger partial charge in [-0.3, -0.25) is 4.79 Å². The van der Waals surface area contributed by atoms with Gasteiger partial charge in [-0.15, -0.1) is 0 Å². The smallest absolute Gasteiger partial charge is 0.223 e. The zero-order chi connectivity index (χ0) is 18.9. The third-order valence-electron chi connectivity index (χ3n) is 5.22. The van der Waals surface area contributed by atoms with Gasteiger partial charge in [0.1, 0.15) is 11.5 Å². The number of hydrogen-bond acceptors (Lipinski definition) is 3. The van der Waals surface area contributed by atoms with Crippen LogP contribution in [0.2, 0.25) is 0 Å². The van der Waals surface area contributed by atoms with Gasteiger partial charge in [-0.1, -0.05) is 50.1 Å². The van der Waals surface area contributed by atoms with Crippen molar-refractivity contribution in [3.05, 3.63) is 59.5 Å². The predicted molar refractivity (Wildman–Crippen MR) is 106 cm³/mol. The fourth-order valence-electron chi connectivity index (χ4n) is 3.70. The Morgan fingerprint density at radius 3 is 2.78 bits per heavy atom. The fourth-order valence-corrected chi connectivity index (χ4v) is 3.70. The number of nitrogens with zero attached hydrogens (tertiary/aromatic N) is 1. The second-order valence-corrected chi connectivity index (χ2v) is 7.25. The average Bonchev–Trinajstić information content (AvgIpc) is 3.05. The van der Waals surface area contributed by atoms with Crippen LogP contribution in [-0.2, 0) is 22.6 Å². The van der Waals surface area contributed by atoms with E-state index in [1.165, 1.54) is 12.0 Å². The van der Waals surface area contributed by atoms with Crippen molar-refractivity contribution < 1.29 is 13.9 Å². The maximum Gasteiger partial charge on any atom is 0.223 e. The second-order valence-electron chi connectivity index (χ2n) is 7.25. The number of carbonyl (C=O) groups excluding carboxylic acids is 1. The number of hydrogen-bond donors (Lipinski definition) is 0. The van der Waals surface area contributed by atoms with Gasteiger partial charge in [0.2, 0.25) is 5.91 Å². The van der Waals surface area contributed by atoms with Crippen LogP contribution in [0.1, 0.15) is 68.6 Å². The quantitative estimate of drug-likeness (QED) is 0.594. The minimum atomic E-state index is 0.0885. The molecule has 27 heavy (non-hydrogen) atoms. The number of furan rings is 1. The molecule has 1 amide bonds. The molecule has 1 atom stereocenters. The minimum absolute atomic E-state index is 0.0885. The molecule has 1 aliphatic rings. The van der Waals surface area contributed by atoms with Gasteiger partial charge in [0.05, 0.1) is 12.6 Å². The highest BCUT2D eigenvalue weighted by Crippen LogP contribution is 2.32. The van der Waals surface area contributed by atoms with Crippen LogP contribution in [0.15, 0.2) is 46.9 Å². The lowest BCUT2D eigenvalue weighted by atomic mass is 10.1. The molecule has 0 spiro atoms. The van der Waals surface area contributed by atoms with Crippen LogP contribution in [0.4, 0.5) is 0 Å². The summed E-state index contributed by atoms with van der Waals surface area (Å²) in [7, 11) is 0. The summed E-state index contributed by atoms with van der Waals surface area (Å²) in [6.45, 7) is 4.14. The Labute approximate surface area is 162 Å². The Morgan fingerprint density at radius 1 is 1.15 bits per heavy atom. The maximum atomic E-state index is 12.9. The summed E-state index contributed by atoms with van der Waals surface area (Å²) in [6.07, 6.45) is 6.58. The molecule has 0 N–H and O–H groups in total. The van der Waals surface area contributed by atoms with Gasteiger partial charge >= 0.3 is 0 Å². The lowest BCUT2D eigenvalue weighted by Crippen LogP contribution is -2.34. The Morgan fingerprint density at radius 2 is 2.00 bits per heavy atom. The summed E-state index contributed by atoms with van der Waals surface area (Å²) < 4.78 is 11.7. The predicted octanol–water partition coefficient (Wildman–Crippen LogP) is 5.28. The van der Waals surface area contributed by atoms with Crippen LogP contribution in [0.25, 0.3) is 0 Å². The average molecular weight is 370 g/mol. The first-order chi connectivity index (χ1) is 13.3. The zero-order valence-corrected chi connectivity index (χ0v) is 16.4. The Balaban J connectivity index is 1.49. The number of rotatable bonds is 8. The molecule has 1 aromatic heterocycles. The maximum absolute atomic E-state index is 12.9. The van der Waals surface area contributed by atoms with Crippen molar-refractivity contribution >= 4 is 5.91 Å². The number of carbonyl (C=O) groups is 1. The summed E-state index contributed by atoms with van der Waals surface area (Å²) in [5.41, 5.74) is 1.17. The molecule has 2 aromatic rings. The van der Waals surface area contributed by atoms with Gasteiger partial charge in [0.15, 0.2) is 0 Å².